The molecule has 0 saturated heterocycles. The van der Waals surface area contributed by atoms with E-state index in [-0.39, 0.29) is 6.42 Å². The average Bonchev–Trinajstić information content (AvgIpc) is 3.09. The quantitative estimate of drug-likeness (QED) is 0.289. The second-order valence-electron chi connectivity index (χ2n) is 7.34. The van der Waals surface area contributed by atoms with E-state index in [1.54, 1.807) is 6.20 Å². The molecule has 0 aliphatic rings. The number of halogens is 9. The van der Waals surface area contributed by atoms with Gasteiger partial charge in [-0.15, -0.1) is 0 Å². The number of hydrogen-bond donors (Lipinski definition) is 1. The predicted octanol–water partition coefficient (Wildman–Crippen LogP) is 8.01. The van der Waals surface area contributed by atoms with Crippen molar-refractivity contribution in [3.8, 4) is 11.5 Å². The lowest BCUT2D eigenvalue weighted by Crippen LogP contribution is -2.18. The Morgan fingerprint density at radius 2 is 1.32 bits per heavy atom. The van der Waals surface area contributed by atoms with Crippen molar-refractivity contribution >= 4 is 10.9 Å². The van der Waals surface area contributed by atoms with E-state index in [9.17, 15) is 39.5 Å². The summed E-state index contributed by atoms with van der Waals surface area (Å²) in [5, 5.41) is 0.376. The maximum absolute atomic E-state index is 14.0. The van der Waals surface area contributed by atoms with E-state index >= 15 is 0 Å². The molecule has 1 heterocycles. The Hall–Kier alpha value is -3.63. The van der Waals surface area contributed by atoms with Crippen molar-refractivity contribution < 1.29 is 44.3 Å². The molecule has 34 heavy (non-hydrogen) atoms. The van der Waals surface area contributed by atoms with Gasteiger partial charge in [-0.25, -0.2) is 13.2 Å². The summed E-state index contributed by atoms with van der Waals surface area (Å²) in [6, 6.07) is 8.54. The second kappa shape index (κ2) is 8.30. The highest BCUT2D eigenvalue weighted by Crippen LogP contribution is 2.48. The van der Waals surface area contributed by atoms with Crippen LogP contribution in [-0.2, 0) is 18.8 Å². The first-order valence-electron chi connectivity index (χ1n) is 9.53. The highest BCUT2D eigenvalue weighted by molar-refractivity contribution is 5.85. The Balaban J connectivity index is 1.82. The number of H-pyrrole nitrogens is 1. The molecule has 1 aromatic heterocycles. The normalized spacial score (nSPS) is 12.4. The average molecular weight is 489 g/mol. The molecule has 0 aliphatic heterocycles. The largest absolute Gasteiger partial charge is 0.456 e. The fourth-order valence-corrected chi connectivity index (χ4v) is 3.54. The Bertz CT molecular complexity index is 1310. The summed E-state index contributed by atoms with van der Waals surface area (Å²) in [4.78, 5) is 2.89. The van der Waals surface area contributed by atoms with Gasteiger partial charge in [0.05, 0.1) is 0 Å². The number of aromatic amines is 1. The topological polar surface area (TPSA) is 25.0 Å². The Kier molecular flexibility index (Phi) is 5.74. The number of hydrogen-bond acceptors (Lipinski definition) is 1. The molecule has 4 rings (SSSR count). The molecule has 0 saturated carbocycles. The summed E-state index contributed by atoms with van der Waals surface area (Å²) in [5.74, 6) is -7.47. The third-order valence-electron chi connectivity index (χ3n) is 5.02. The predicted molar refractivity (Wildman–Crippen MR) is 104 cm³/mol. The van der Waals surface area contributed by atoms with Crippen LogP contribution in [0.2, 0.25) is 0 Å². The van der Waals surface area contributed by atoms with E-state index in [0.717, 1.165) is 12.1 Å². The van der Waals surface area contributed by atoms with Crippen molar-refractivity contribution in [1.29, 1.82) is 0 Å². The maximum atomic E-state index is 14.0. The zero-order valence-corrected chi connectivity index (χ0v) is 16.7. The third-order valence-corrected chi connectivity index (χ3v) is 5.02. The van der Waals surface area contributed by atoms with Gasteiger partial charge in [-0.1, -0.05) is 12.1 Å². The molecule has 0 unspecified atom stereocenters. The first-order chi connectivity index (χ1) is 15.8. The van der Waals surface area contributed by atoms with Crippen LogP contribution in [0.3, 0.4) is 0 Å². The fourth-order valence-electron chi connectivity index (χ4n) is 3.54. The minimum absolute atomic E-state index is 0.250. The molecule has 0 fully saturated rings. The van der Waals surface area contributed by atoms with Crippen molar-refractivity contribution in [3.63, 3.8) is 0 Å². The monoisotopic (exact) mass is 489 g/mol. The molecular weight excluding hydrogens is 477 g/mol. The van der Waals surface area contributed by atoms with Crippen molar-refractivity contribution in [2.24, 2.45) is 0 Å². The van der Waals surface area contributed by atoms with Crippen molar-refractivity contribution in [3.05, 3.63) is 94.4 Å². The highest BCUT2D eigenvalue weighted by Gasteiger charge is 2.47. The number of fused-ring (bicyclic) bond motifs is 1. The summed E-state index contributed by atoms with van der Waals surface area (Å²) in [7, 11) is 0. The highest BCUT2D eigenvalue weighted by atomic mass is 19.4. The molecule has 0 radical (unpaired) electrons. The van der Waals surface area contributed by atoms with Crippen LogP contribution in [-0.4, -0.2) is 4.98 Å². The Morgan fingerprint density at radius 3 is 1.88 bits per heavy atom. The number of ether oxygens (including phenoxy) is 1. The lowest BCUT2D eigenvalue weighted by atomic mass is 10.0. The molecular formula is C23H12F9NO. The van der Waals surface area contributed by atoms with E-state index < -0.39 is 58.5 Å². The zero-order valence-electron chi connectivity index (χ0n) is 16.7. The van der Waals surface area contributed by atoms with Gasteiger partial charge in [-0.3, -0.25) is 0 Å². The first kappa shape index (κ1) is 23.5. The first-order valence-corrected chi connectivity index (χ1v) is 9.53. The fraction of sp³-hybridized carbons (Fsp3) is 0.130. The minimum atomic E-state index is -5.60. The third kappa shape index (κ3) is 4.55. The van der Waals surface area contributed by atoms with Crippen molar-refractivity contribution in [2.75, 3.05) is 0 Å². The van der Waals surface area contributed by atoms with Crippen LogP contribution in [0.5, 0.6) is 11.5 Å². The van der Waals surface area contributed by atoms with E-state index in [2.05, 4.69) is 4.98 Å². The molecule has 0 bridgehead atoms. The van der Waals surface area contributed by atoms with E-state index in [0.29, 0.717) is 22.0 Å². The van der Waals surface area contributed by atoms with Gasteiger partial charge in [0.25, 0.3) is 0 Å². The van der Waals surface area contributed by atoms with Crippen LogP contribution < -0.4 is 4.74 Å². The summed E-state index contributed by atoms with van der Waals surface area (Å²) in [6.07, 6.45) is -9.39. The number of alkyl halides is 6. The van der Waals surface area contributed by atoms with E-state index in [1.165, 1.54) is 30.3 Å². The van der Waals surface area contributed by atoms with Gasteiger partial charge in [0, 0.05) is 23.2 Å². The Morgan fingerprint density at radius 1 is 0.735 bits per heavy atom. The smallest absolute Gasteiger partial charge is 0.422 e. The van der Waals surface area contributed by atoms with Crippen LogP contribution in [0.15, 0.2) is 54.7 Å². The molecule has 0 atom stereocenters. The molecule has 4 aromatic rings. The SMILES string of the molecule is Fc1ccc(Cc2c[nH]c3ccc(Oc4c(C(F)(F)F)c(F)cc(F)c4C(F)(F)F)cc23)cc1. The molecule has 0 aliphatic carbocycles. The number of benzene rings is 3. The molecule has 2 nitrogen and oxygen atoms in total. The molecule has 11 heteroatoms. The van der Waals surface area contributed by atoms with Crippen LogP contribution in [0.1, 0.15) is 22.3 Å². The lowest BCUT2D eigenvalue weighted by molar-refractivity contribution is -0.147. The van der Waals surface area contributed by atoms with Crippen LogP contribution >= 0.6 is 0 Å². The minimum Gasteiger partial charge on any atom is -0.456 e. The van der Waals surface area contributed by atoms with E-state index in [1.807, 2.05) is 0 Å². The van der Waals surface area contributed by atoms with E-state index in [4.69, 9.17) is 4.74 Å². The van der Waals surface area contributed by atoms with Crippen molar-refractivity contribution in [2.45, 2.75) is 18.8 Å². The van der Waals surface area contributed by atoms with Gasteiger partial charge in [0.15, 0.2) is 5.75 Å². The van der Waals surface area contributed by atoms with Crippen LogP contribution in [0.4, 0.5) is 39.5 Å². The molecule has 1 N–H and O–H groups in total. The van der Waals surface area contributed by atoms with Gasteiger partial charge in [0.1, 0.15) is 34.3 Å². The maximum Gasteiger partial charge on any atom is 0.422 e. The molecule has 0 spiro atoms. The standard InChI is InChI=1S/C23H12F9NO/c24-13-3-1-11(2-4-13)7-12-10-33-18-6-5-14(8-15(12)18)34-21-19(22(27,28)29)16(25)9-17(26)20(21)23(30,31)32/h1-6,8-10,33H,7H2. The van der Waals surface area contributed by atoms with Crippen LogP contribution in [0.25, 0.3) is 10.9 Å². The summed E-state index contributed by atoms with van der Waals surface area (Å²) >= 11 is 0. The summed E-state index contributed by atoms with van der Waals surface area (Å²) < 4.78 is 126. The summed E-state index contributed by atoms with van der Waals surface area (Å²) in [6.45, 7) is 0. The Labute approximate surface area is 185 Å². The number of aromatic nitrogens is 1. The number of nitrogens with one attached hydrogen (secondary N) is 1. The molecule has 178 valence electrons. The second-order valence-corrected chi connectivity index (χ2v) is 7.34. The van der Waals surface area contributed by atoms with Gasteiger partial charge < -0.3 is 9.72 Å². The lowest BCUT2D eigenvalue weighted by Gasteiger charge is -2.20. The van der Waals surface area contributed by atoms with Gasteiger partial charge in [0.2, 0.25) is 0 Å². The van der Waals surface area contributed by atoms with Crippen molar-refractivity contribution in [1.82, 2.24) is 4.98 Å². The molecule has 3 aromatic carbocycles. The number of rotatable bonds is 4. The van der Waals surface area contributed by atoms with Gasteiger partial charge in [-0.2, -0.15) is 26.3 Å². The van der Waals surface area contributed by atoms with Gasteiger partial charge in [-0.05, 0) is 47.9 Å². The zero-order chi connectivity index (χ0) is 24.8. The molecule has 0 amide bonds. The summed E-state index contributed by atoms with van der Waals surface area (Å²) in [5.41, 5.74) is -3.02. The van der Waals surface area contributed by atoms with Gasteiger partial charge >= 0.3 is 12.4 Å². The van der Waals surface area contributed by atoms with Crippen LogP contribution in [0, 0.1) is 17.5 Å².